The first kappa shape index (κ1) is 11.8. The standard InChI is InChI=1S/C10H13ClN2O2/c1-6(5-14)13-10(15)7-3-2-4-8(11)9(7)12/h2-4,6,14H,5,12H2,1H3,(H,13,15). The van der Waals surface area contributed by atoms with Crippen LogP contribution in [0.4, 0.5) is 5.69 Å². The van der Waals surface area contributed by atoms with Crippen molar-refractivity contribution in [2.75, 3.05) is 12.3 Å². The van der Waals surface area contributed by atoms with Crippen molar-refractivity contribution in [3.63, 3.8) is 0 Å². The molecule has 0 aliphatic rings. The molecule has 1 atom stereocenters. The Balaban J connectivity index is 2.87. The molecule has 1 aromatic rings. The normalized spacial score (nSPS) is 12.2. The van der Waals surface area contributed by atoms with Crippen molar-refractivity contribution in [2.24, 2.45) is 0 Å². The van der Waals surface area contributed by atoms with Crippen LogP contribution in [0, 0.1) is 0 Å². The van der Waals surface area contributed by atoms with Crippen LogP contribution in [0.25, 0.3) is 0 Å². The summed E-state index contributed by atoms with van der Waals surface area (Å²) in [5.74, 6) is -0.337. The molecule has 1 amide bonds. The van der Waals surface area contributed by atoms with Crippen LogP contribution in [0.2, 0.25) is 5.02 Å². The lowest BCUT2D eigenvalue weighted by atomic mass is 10.1. The van der Waals surface area contributed by atoms with E-state index in [0.29, 0.717) is 10.6 Å². The molecule has 15 heavy (non-hydrogen) atoms. The number of hydrogen-bond donors (Lipinski definition) is 3. The third-order valence-electron chi connectivity index (χ3n) is 1.95. The Labute approximate surface area is 93.0 Å². The van der Waals surface area contributed by atoms with Crippen LogP contribution in [0.1, 0.15) is 17.3 Å². The number of nitrogens with two attached hydrogens (primary N) is 1. The van der Waals surface area contributed by atoms with Gasteiger partial charge in [-0.2, -0.15) is 0 Å². The molecular weight excluding hydrogens is 216 g/mol. The van der Waals surface area contributed by atoms with E-state index < -0.39 is 0 Å². The number of rotatable bonds is 3. The number of hydrogen-bond acceptors (Lipinski definition) is 3. The van der Waals surface area contributed by atoms with E-state index in [1.807, 2.05) is 0 Å². The van der Waals surface area contributed by atoms with Crippen LogP contribution in [0.5, 0.6) is 0 Å². The van der Waals surface area contributed by atoms with Gasteiger partial charge in [0.1, 0.15) is 0 Å². The van der Waals surface area contributed by atoms with E-state index in [1.54, 1.807) is 25.1 Å². The predicted molar refractivity (Wildman–Crippen MR) is 59.9 cm³/mol. The molecule has 0 bridgehead atoms. The van der Waals surface area contributed by atoms with E-state index in [4.69, 9.17) is 22.4 Å². The lowest BCUT2D eigenvalue weighted by Gasteiger charge is -2.12. The first-order chi connectivity index (χ1) is 7.06. The van der Waals surface area contributed by atoms with Crippen molar-refractivity contribution < 1.29 is 9.90 Å². The highest BCUT2D eigenvalue weighted by molar-refractivity contribution is 6.33. The summed E-state index contributed by atoms with van der Waals surface area (Å²) >= 11 is 5.77. The molecule has 1 aromatic carbocycles. The molecular formula is C10H13ClN2O2. The SMILES string of the molecule is CC(CO)NC(=O)c1cccc(Cl)c1N. The Morgan fingerprint density at radius 2 is 2.33 bits per heavy atom. The molecule has 0 spiro atoms. The van der Waals surface area contributed by atoms with Gasteiger partial charge in [0, 0.05) is 6.04 Å². The number of carbonyl (C=O) groups is 1. The minimum Gasteiger partial charge on any atom is -0.397 e. The van der Waals surface area contributed by atoms with Gasteiger partial charge in [-0.25, -0.2) is 0 Å². The third-order valence-corrected chi connectivity index (χ3v) is 2.28. The lowest BCUT2D eigenvalue weighted by Crippen LogP contribution is -2.35. The molecule has 4 nitrogen and oxygen atoms in total. The summed E-state index contributed by atoms with van der Waals surface area (Å²) in [6.45, 7) is 1.57. The summed E-state index contributed by atoms with van der Waals surface area (Å²) in [5.41, 5.74) is 6.22. The molecule has 0 aliphatic heterocycles. The number of anilines is 1. The minimum atomic E-state index is -0.337. The smallest absolute Gasteiger partial charge is 0.253 e. The number of benzene rings is 1. The van der Waals surface area contributed by atoms with Crippen molar-refractivity contribution in [3.05, 3.63) is 28.8 Å². The third kappa shape index (κ3) is 2.84. The zero-order chi connectivity index (χ0) is 11.4. The van der Waals surface area contributed by atoms with E-state index in [-0.39, 0.29) is 24.2 Å². The highest BCUT2D eigenvalue weighted by atomic mass is 35.5. The van der Waals surface area contributed by atoms with E-state index in [0.717, 1.165) is 0 Å². The van der Waals surface area contributed by atoms with Crippen molar-refractivity contribution in [1.29, 1.82) is 0 Å². The number of carbonyl (C=O) groups excluding carboxylic acids is 1. The monoisotopic (exact) mass is 228 g/mol. The summed E-state index contributed by atoms with van der Waals surface area (Å²) in [4.78, 5) is 11.6. The number of aliphatic hydroxyl groups is 1. The van der Waals surface area contributed by atoms with Gasteiger partial charge in [-0.05, 0) is 19.1 Å². The van der Waals surface area contributed by atoms with Gasteiger partial charge in [-0.1, -0.05) is 17.7 Å². The fourth-order valence-electron chi connectivity index (χ4n) is 1.08. The maximum atomic E-state index is 11.6. The summed E-state index contributed by atoms with van der Waals surface area (Å²) in [7, 11) is 0. The average molecular weight is 229 g/mol. The molecule has 5 heteroatoms. The molecule has 0 saturated heterocycles. The molecule has 1 rings (SSSR count). The largest absolute Gasteiger partial charge is 0.397 e. The van der Waals surface area contributed by atoms with Gasteiger partial charge in [0.05, 0.1) is 22.9 Å². The van der Waals surface area contributed by atoms with Crippen LogP contribution in [0.3, 0.4) is 0 Å². The Kier molecular flexibility index (Phi) is 3.94. The summed E-state index contributed by atoms with van der Waals surface area (Å²) in [5, 5.41) is 11.7. The van der Waals surface area contributed by atoms with E-state index in [9.17, 15) is 4.79 Å². The zero-order valence-electron chi connectivity index (χ0n) is 8.33. The quantitative estimate of drug-likeness (QED) is 0.677. The molecule has 0 radical (unpaired) electrons. The van der Waals surface area contributed by atoms with Crippen molar-refractivity contribution in [3.8, 4) is 0 Å². The van der Waals surface area contributed by atoms with E-state index in [2.05, 4.69) is 5.32 Å². The Bertz CT molecular complexity index is 368. The van der Waals surface area contributed by atoms with E-state index in [1.165, 1.54) is 0 Å². The highest BCUT2D eigenvalue weighted by Crippen LogP contribution is 2.22. The Morgan fingerprint density at radius 3 is 2.93 bits per heavy atom. The predicted octanol–water partition coefficient (Wildman–Crippen LogP) is 1.03. The van der Waals surface area contributed by atoms with Gasteiger partial charge in [0.25, 0.3) is 5.91 Å². The first-order valence-corrected chi connectivity index (χ1v) is 4.89. The van der Waals surface area contributed by atoms with Crippen LogP contribution < -0.4 is 11.1 Å². The summed E-state index contributed by atoms with van der Waals surface area (Å²) < 4.78 is 0. The number of aliphatic hydroxyl groups excluding tert-OH is 1. The average Bonchev–Trinajstić information content (AvgIpc) is 2.21. The van der Waals surface area contributed by atoms with Crippen LogP contribution >= 0.6 is 11.6 Å². The fraction of sp³-hybridized carbons (Fsp3) is 0.300. The maximum Gasteiger partial charge on any atom is 0.253 e. The molecule has 0 heterocycles. The second-order valence-corrected chi connectivity index (χ2v) is 3.67. The molecule has 82 valence electrons. The lowest BCUT2D eigenvalue weighted by molar-refractivity contribution is 0.0923. The second-order valence-electron chi connectivity index (χ2n) is 3.26. The first-order valence-electron chi connectivity index (χ1n) is 4.52. The van der Waals surface area contributed by atoms with Crippen LogP contribution in [0.15, 0.2) is 18.2 Å². The topological polar surface area (TPSA) is 75.3 Å². The van der Waals surface area contributed by atoms with Crippen LogP contribution in [-0.4, -0.2) is 23.7 Å². The number of para-hydroxylation sites is 1. The Hall–Kier alpha value is -1.26. The maximum absolute atomic E-state index is 11.6. The van der Waals surface area contributed by atoms with Gasteiger partial charge in [0.15, 0.2) is 0 Å². The van der Waals surface area contributed by atoms with Gasteiger partial charge >= 0.3 is 0 Å². The number of halogens is 1. The molecule has 0 fully saturated rings. The molecule has 0 aromatic heterocycles. The second kappa shape index (κ2) is 5.00. The van der Waals surface area contributed by atoms with Gasteiger partial charge < -0.3 is 16.2 Å². The minimum absolute atomic E-state index is 0.119. The van der Waals surface area contributed by atoms with Gasteiger partial charge in [-0.15, -0.1) is 0 Å². The summed E-state index contributed by atoms with van der Waals surface area (Å²) in [6.07, 6.45) is 0. The van der Waals surface area contributed by atoms with Crippen LogP contribution in [-0.2, 0) is 0 Å². The Morgan fingerprint density at radius 1 is 1.67 bits per heavy atom. The van der Waals surface area contributed by atoms with Gasteiger partial charge in [0.2, 0.25) is 0 Å². The number of nitrogen functional groups attached to an aromatic ring is 1. The molecule has 0 saturated carbocycles. The van der Waals surface area contributed by atoms with Crippen molar-refractivity contribution in [2.45, 2.75) is 13.0 Å². The van der Waals surface area contributed by atoms with Crippen molar-refractivity contribution >= 4 is 23.2 Å². The number of amides is 1. The van der Waals surface area contributed by atoms with Crippen molar-refractivity contribution in [1.82, 2.24) is 5.32 Å². The fourth-order valence-corrected chi connectivity index (χ4v) is 1.26. The molecule has 1 unspecified atom stereocenters. The van der Waals surface area contributed by atoms with Gasteiger partial charge in [-0.3, -0.25) is 4.79 Å². The zero-order valence-corrected chi connectivity index (χ0v) is 9.08. The van der Waals surface area contributed by atoms with E-state index >= 15 is 0 Å². The highest BCUT2D eigenvalue weighted by Gasteiger charge is 2.13. The molecule has 4 N–H and O–H groups in total. The molecule has 0 aliphatic carbocycles. The summed E-state index contributed by atoms with van der Waals surface area (Å²) in [6, 6.07) is 4.54. The number of nitrogens with one attached hydrogen (secondary N) is 1.